The van der Waals surface area contributed by atoms with E-state index >= 15 is 0 Å². The van der Waals surface area contributed by atoms with Gasteiger partial charge in [-0.1, -0.05) is 6.07 Å². The molecular formula is C25H29N5O4. The van der Waals surface area contributed by atoms with Gasteiger partial charge in [-0.25, -0.2) is 4.98 Å². The maximum absolute atomic E-state index is 11.5. The number of nitrogens with one attached hydrogen (secondary N) is 2. The number of aliphatic hydroxyl groups is 1. The third kappa shape index (κ3) is 4.96. The van der Waals surface area contributed by atoms with Crippen LogP contribution in [-0.2, 0) is 11.3 Å². The fraction of sp³-hybridized carbons (Fsp3) is 0.400. The van der Waals surface area contributed by atoms with Gasteiger partial charge in [-0.05, 0) is 55.8 Å². The van der Waals surface area contributed by atoms with Crippen LogP contribution in [0.15, 0.2) is 42.6 Å². The number of amides is 1. The second-order valence-corrected chi connectivity index (χ2v) is 8.76. The second kappa shape index (κ2) is 9.92. The lowest BCUT2D eigenvalue weighted by molar-refractivity contribution is -0.118. The van der Waals surface area contributed by atoms with E-state index in [9.17, 15) is 9.90 Å². The molecule has 1 saturated heterocycles. The van der Waals surface area contributed by atoms with Gasteiger partial charge in [0.25, 0.3) is 5.91 Å². The molecule has 2 aliphatic rings. The monoisotopic (exact) mass is 463 g/mol. The van der Waals surface area contributed by atoms with Gasteiger partial charge in [0.2, 0.25) is 5.88 Å². The van der Waals surface area contributed by atoms with E-state index in [2.05, 4.69) is 25.5 Å². The summed E-state index contributed by atoms with van der Waals surface area (Å²) in [6.45, 7) is 3.16. The van der Waals surface area contributed by atoms with E-state index in [0.29, 0.717) is 29.7 Å². The summed E-state index contributed by atoms with van der Waals surface area (Å²) >= 11 is 0. The van der Waals surface area contributed by atoms with Crippen molar-refractivity contribution in [2.75, 3.05) is 38.7 Å². The Morgan fingerprint density at radius 3 is 2.94 bits per heavy atom. The number of carbonyl (C=O) groups excluding carboxylic acids is 1. The van der Waals surface area contributed by atoms with Crippen molar-refractivity contribution in [2.24, 2.45) is 0 Å². The SMILES string of the molecule is COc1ccc2nccc(C(O)CN3CCC(NCc4ccc5c(c4)NC(=O)CO5)CC3)c2n1. The molecule has 3 N–H and O–H groups in total. The fourth-order valence-corrected chi connectivity index (χ4v) is 4.57. The molecule has 4 heterocycles. The van der Waals surface area contributed by atoms with Crippen molar-refractivity contribution in [1.82, 2.24) is 20.2 Å². The molecule has 1 aromatic carbocycles. The van der Waals surface area contributed by atoms with Crippen LogP contribution >= 0.6 is 0 Å². The summed E-state index contributed by atoms with van der Waals surface area (Å²) < 4.78 is 10.7. The summed E-state index contributed by atoms with van der Waals surface area (Å²) in [5, 5.41) is 17.4. The molecular weight excluding hydrogens is 434 g/mol. The van der Waals surface area contributed by atoms with Crippen LogP contribution in [0.25, 0.3) is 11.0 Å². The lowest BCUT2D eigenvalue weighted by Gasteiger charge is -2.33. The minimum Gasteiger partial charge on any atom is -0.482 e. The first-order valence-corrected chi connectivity index (χ1v) is 11.6. The molecule has 0 bridgehead atoms. The molecule has 178 valence electrons. The van der Waals surface area contributed by atoms with Gasteiger partial charge in [0.05, 0.1) is 29.9 Å². The molecule has 2 aliphatic heterocycles. The average Bonchev–Trinajstić information content (AvgIpc) is 2.87. The zero-order valence-electron chi connectivity index (χ0n) is 19.2. The Bertz CT molecular complexity index is 1180. The van der Waals surface area contributed by atoms with Gasteiger partial charge >= 0.3 is 0 Å². The van der Waals surface area contributed by atoms with Crippen molar-refractivity contribution in [1.29, 1.82) is 0 Å². The van der Waals surface area contributed by atoms with Crippen LogP contribution in [0.4, 0.5) is 5.69 Å². The smallest absolute Gasteiger partial charge is 0.262 e. The molecule has 3 aromatic rings. The zero-order valence-corrected chi connectivity index (χ0v) is 19.2. The van der Waals surface area contributed by atoms with Crippen molar-refractivity contribution < 1.29 is 19.4 Å². The minimum absolute atomic E-state index is 0.0694. The summed E-state index contributed by atoms with van der Waals surface area (Å²) in [6.07, 6.45) is 3.06. The van der Waals surface area contributed by atoms with Crippen LogP contribution in [0.3, 0.4) is 0 Å². The second-order valence-electron chi connectivity index (χ2n) is 8.76. The molecule has 9 nitrogen and oxygen atoms in total. The van der Waals surface area contributed by atoms with Crippen LogP contribution in [0.5, 0.6) is 11.6 Å². The molecule has 1 unspecified atom stereocenters. The topological polar surface area (TPSA) is 109 Å². The van der Waals surface area contributed by atoms with Crippen LogP contribution in [0.1, 0.15) is 30.1 Å². The number of fused-ring (bicyclic) bond motifs is 2. The van der Waals surface area contributed by atoms with Gasteiger partial charge in [-0.2, -0.15) is 0 Å². The Balaban J connectivity index is 1.14. The molecule has 0 radical (unpaired) electrons. The molecule has 2 aromatic heterocycles. The molecule has 0 spiro atoms. The van der Waals surface area contributed by atoms with E-state index in [-0.39, 0.29) is 12.5 Å². The highest BCUT2D eigenvalue weighted by Crippen LogP contribution is 2.29. The number of hydrogen-bond acceptors (Lipinski definition) is 8. The highest BCUT2D eigenvalue weighted by molar-refractivity contribution is 5.95. The number of methoxy groups -OCH3 is 1. The van der Waals surface area contributed by atoms with Gasteiger partial charge in [0.1, 0.15) is 5.75 Å². The Kier molecular flexibility index (Phi) is 6.57. The Labute approximate surface area is 198 Å². The van der Waals surface area contributed by atoms with Crippen molar-refractivity contribution in [3.05, 3.63) is 53.7 Å². The summed E-state index contributed by atoms with van der Waals surface area (Å²) in [4.78, 5) is 22.7. The molecule has 1 atom stereocenters. The molecule has 0 aliphatic carbocycles. The van der Waals surface area contributed by atoms with E-state index in [1.54, 1.807) is 19.4 Å². The number of anilines is 1. The number of piperidine rings is 1. The zero-order chi connectivity index (χ0) is 23.5. The van der Waals surface area contributed by atoms with Crippen LogP contribution in [-0.4, -0.2) is 65.3 Å². The van der Waals surface area contributed by atoms with E-state index in [4.69, 9.17) is 9.47 Å². The standard InChI is InChI=1S/C25H29N5O4/c1-33-24-5-3-19-25(29-24)18(6-9-26-19)21(31)14-30-10-7-17(8-11-30)27-13-16-2-4-22-20(12-16)28-23(32)15-34-22/h2-6,9,12,17,21,27,31H,7-8,10-11,13-15H2,1H3,(H,28,32). The van der Waals surface area contributed by atoms with Crippen molar-refractivity contribution in [3.8, 4) is 11.6 Å². The number of β-amino-alcohol motifs (C(OH)–C–C–N with tert-alkyl or cyclic N) is 1. The van der Waals surface area contributed by atoms with Crippen molar-refractivity contribution in [3.63, 3.8) is 0 Å². The quantitative estimate of drug-likeness (QED) is 0.490. The first-order chi connectivity index (χ1) is 16.6. The van der Waals surface area contributed by atoms with Gasteiger partial charge in [0.15, 0.2) is 6.61 Å². The summed E-state index contributed by atoms with van der Waals surface area (Å²) in [7, 11) is 1.58. The molecule has 1 fully saturated rings. The van der Waals surface area contributed by atoms with Gasteiger partial charge < -0.3 is 30.1 Å². The summed E-state index contributed by atoms with van der Waals surface area (Å²) in [5.41, 5.74) is 4.03. The number of nitrogens with zero attached hydrogens (tertiary/aromatic N) is 3. The third-order valence-corrected chi connectivity index (χ3v) is 6.45. The molecule has 5 rings (SSSR count). The minimum atomic E-state index is -0.650. The molecule has 34 heavy (non-hydrogen) atoms. The van der Waals surface area contributed by atoms with E-state index < -0.39 is 6.10 Å². The highest BCUT2D eigenvalue weighted by Gasteiger charge is 2.23. The largest absolute Gasteiger partial charge is 0.482 e. The number of carbonyl (C=O) groups is 1. The van der Waals surface area contributed by atoms with Gasteiger partial charge in [-0.15, -0.1) is 0 Å². The Hall–Kier alpha value is -3.27. The first kappa shape index (κ1) is 22.5. The maximum Gasteiger partial charge on any atom is 0.262 e. The first-order valence-electron chi connectivity index (χ1n) is 11.6. The van der Waals surface area contributed by atoms with E-state index in [1.807, 2.05) is 30.3 Å². The molecule has 9 heteroatoms. The van der Waals surface area contributed by atoms with Crippen LogP contribution in [0.2, 0.25) is 0 Å². The average molecular weight is 464 g/mol. The number of aliphatic hydroxyl groups excluding tert-OH is 1. The lowest BCUT2D eigenvalue weighted by Crippen LogP contribution is -2.43. The number of benzene rings is 1. The highest BCUT2D eigenvalue weighted by atomic mass is 16.5. The number of likely N-dealkylation sites (tertiary alicyclic amines) is 1. The number of hydrogen-bond donors (Lipinski definition) is 3. The van der Waals surface area contributed by atoms with Crippen LogP contribution in [0, 0.1) is 0 Å². The Morgan fingerprint density at radius 2 is 2.12 bits per heavy atom. The van der Waals surface area contributed by atoms with E-state index in [1.165, 1.54) is 0 Å². The predicted octanol–water partition coefficient (Wildman–Crippen LogP) is 2.26. The predicted molar refractivity (Wildman–Crippen MR) is 128 cm³/mol. The Morgan fingerprint density at radius 1 is 1.26 bits per heavy atom. The summed E-state index contributed by atoms with van der Waals surface area (Å²) in [5.74, 6) is 1.10. The van der Waals surface area contributed by atoms with Crippen molar-refractivity contribution >= 4 is 22.6 Å². The fourth-order valence-electron chi connectivity index (χ4n) is 4.57. The number of ether oxygens (including phenoxy) is 2. The third-order valence-electron chi connectivity index (χ3n) is 6.45. The number of rotatable bonds is 7. The van der Waals surface area contributed by atoms with Gasteiger partial charge in [0, 0.05) is 37.0 Å². The van der Waals surface area contributed by atoms with Crippen molar-refractivity contribution in [2.45, 2.75) is 31.5 Å². The van der Waals surface area contributed by atoms with Gasteiger partial charge in [-0.3, -0.25) is 9.78 Å². The molecule has 1 amide bonds. The maximum atomic E-state index is 11.5. The normalized spacial score (nSPS) is 17.6. The number of pyridine rings is 2. The lowest BCUT2D eigenvalue weighted by atomic mass is 10.0. The molecule has 0 saturated carbocycles. The van der Waals surface area contributed by atoms with E-state index in [0.717, 1.165) is 54.8 Å². The number of aromatic nitrogens is 2. The summed E-state index contributed by atoms with van der Waals surface area (Å²) in [6, 6.07) is 11.8. The van der Waals surface area contributed by atoms with Crippen LogP contribution < -0.4 is 20.1 Å².